The maximum atomic E-state index is 12.2. The zero-order chi connectivity index (χ0) is 14.9. The minimum Gasteiger partial charge on any atom is -0.363 e. The summed E-state index contributed by atoms with van der Waals surface area (Å²) in [6, 6.07) is 17.5. The number of hydrogen-bond donors (Lipinski definition) is 0. The predicted molar refractivity (Wildman–Crippen MR) is 84.2 cm³/mol. The molecule has 0 saturated heterocycles. The fourth-order valence-corrected chi connectivity index (χ4v) is 2.97. The first kappa shape index (κ1) is 13.1. The van der Waals surface area contributed by atoms with Crippen molar-refractivity contribution in [1.29, 1.82) is 0 Å². The van der Waals surface area contributed by atoms with Gasteiger partial charge in [-0.2, -0.15) is 0 Å². The molecule has 1 aliphatic heterocycles. The van der Waals surface area contributed by atoms with Gasteiger partial charge in [0.1, 0.15) is 0 Å². The molecule has 22 heavy (non-hydrogen) atoms. The van der Waals surface area contributed by atoms with Crippen LogP contribution in [0.3, 0.4) is 0 Å². The summed E-state index contributed by atoms with van der Waals surface area (Å²) >= 11 is 0. The highest BCUT2D eigenvalue weighted by molar-refractivity contribution is 5.89. The average molecular weight is 292 g/mol. The van der Waals surface area contributed by atoms with E-state index in [0.717, 1.165) is 6.54 Å². The molecule has 0 unspecified atom stereocenters. The molecular weight excluding hydrogens is 276 g/mol. The van der Waals surface area contributed by atoms with Crippen LogP contribution in [0.2, 0.25) is 0 Å². The van der Waals surface area contributed by atoms with Crippen molar-refractivity contribution in [2.24, 2.45) is 0 Å². The molecule has 4 heteroatoms. The van der Waals surface area contributed by atoms with Gasteiger partial charge >= 0.3 is 5.97 Å². The Balaban J connectivity index is 1.58. The standard InChI is InChI=1S/C18H16N2O2/c21-18(15-5-2-1-3-6-15)22-20-12-11-19-10-9-14-7-4-8-16(13-20)17(14)19/h1-10H,11-13H2. The van der Waals surface area contributed by atoms with E-state index in [9.17, 15) is 4.79 Å². The van der Waals surface area contributed by atoms with Crippen molar-refractivity contribution in [2.45, 2.75) is 13.1 Å². The molecule has 0 spiro atoms. The van der Waals surface area contributed by atoms with Crippen LogP contribution < -0.4 is 0 Å². The molecule has 2 heterocycles. The van der Waals surface area contributed by atoms with E-state index in [1.54, 1.807) is 17.2 Å². The highest BCUT2D eigenvalue weighted by atomic mass is 16.7. The third kappa shape index (κ3) is 2.27. The summed E-state index contributed by atoms with van der Waals surface area (Å²) in [5, 5.41) is 2.98. The molecule has 0 amide bonds. The van der Waals surface area contributed by atoms with Crippen molar-refractivity contribution in [3.8, 4) is 0 Å². The van der Waals surface area contributed by atoms with E-state index in [-0.39, 0.29) is 5.97 Å². The van der Waals surface area contributed by atoms with Gasteiger partial charge in [0, 0.05) is 12.7 Å². The first-order valence-electron chi connectivity index (χ1n) is 7.40. The Morgan fingerprint density at radius 2 is 1.82 bits per heavy atom. The monoisotopic (exact) mass is 292 g/mol. The van der Waals surface area contributed by atoms with E-state index >= 15 is 0 Å². The highest BCUT2D eigenvalue weighted by Gasteiger charge is 2.19. The molecule has 4 nitrogen and oxygen atoms in total. The van der Waals surface area contributed by atoms with Gasteiger partial charge in [-0.15, -0.1) is 5.06 Å². The minimum atomic E-state index is -0.306. The van der Waals surface area contributed by atoms with Gasteiger partial charge in [0.25, 0.3) is 0 Å². The van der Waals surface area contributed by atoms with E-state index in [4.69, 9.17) is 4.84 Å². The zero-order valence-corrected chi connectivity index (χ0v) is 12.1. The van der Waals surface area contributed by atoms with Gasteiger partial charge in [0.15, 0.2) is 0 Å². The van der Waals surface area contributed by atoms with Crippen molar-refractivity contribution < 1.29 is 9.63 Å². The van der Waals surface area contributed by atoms with Crippen molar-refractivity contribution >= 4 is 16.9 Å². The molecule has 0 radical (unpaired) electrons. The van der Waals surface area contributed by atoms with Crippen molar-refractivity contribution in [2.75, 3.05) is 6.54 Å². The van der Waals surface area contributed by atoms with Crippen LogP contribution in [0.1, 0.15) is 15.9 Å². The number of hydroxylamine groups is 2. The summed E-state index contributed by atoms with van der Waals surface area (Å²) in [4.78, 5) is 17.8. The van der Waals surface area contributed by atoms with E-state index in [1.165, 1.54) is 16.5 Å². The second-order valence-corrected chi connectivity index (χ2v) is 5.47. The van der Waals surface area contributed by atoms with Crippen LogP contribution in [0.4, 0.5) is 0 Å². The van der Waals surface area contributed by atoms with Gasteiger partial charge in [0.05, 0.1) is 24.2 Å². The average Bonchev–Trinajstić information content (AvgIpc) is 2.88. The summed E-state index contributed by atoms with van der Waals surface area (Å²) < 4.78 is 2.22. The smallest absolute Gasteiger partial charge is 0.357 e. The van der Waals surface area contributed by atoms with E-state index < -0.39 is 0 Å². The number of benzene rings is 2. The zero-order valence-electron chi connectivity index (χ0n) is 12.1. The summed E-state index contributed by atoms with van der Waals surface area (Å²) in [7, 11) is 0. The minimum absolute atomic E-state index is 0.306. The van der Waals surface area contributed by atoms with E-state index in [1.807, 2.05) is 24.3 Å². The lowest BCUT2D eigenvalue weighted by Gasteiger charge is -2.19. The molecule has 1 aliphatic rings. The van der Waals surface area contributed by atoms with Crippen LogP contribution in [-0.2, 0) is 17.9 Å². The molecule has 0 saturated carbocycles. The number of nitrogens with zero attached hydrogens (tertiary/aromatic N) is 2. The quantitative estimate of drug-likeness (QED) is 0.727. The van der Waals surface area contributed by atoms with Gasteiger partial charge < -0.3 is 9.40 Å². The molecule has 0 aliphatic carbocycles. The van der Waals surface area contributed by atoms with Gasteiger partial charge in [-0.05, 0) is 29.1 Å². The number of carbonyl (C=O) groups is 1. The number of hydrogen-bond acceptors (Lipinski definition) is 3. The topological polar surface area (TPSA) is 34.5 Å². The number of rotatable bonds is 2. The molecule has 1 aromatic heterocycles. The summed E-state index contributed by atoms with van der Waals surface area (Å²) in [5.74, 6) is -0.306. The molecular formula is C18H16N2O2. The molecule has 0 atom stereocenters. The van der Waals surface area contributed by atoms with Gasteiger partial charge in [-0.3, -0.25) is 0 Å². The Labute approximate surface area is 128 Å². The predicted octanol–water partition coefficient (Wildman–Crippen LogP) is 3.23. The molecule has 110 valence electrons. The Bertz CT molecular complexity index is 823. The van der Waals surface area contributed by atoms with Crippen LogP contribution in [0, 0.1) is 0 Å². The van der Waals surface area contributed by atoms with E-state index in [0.29, 0.717) is 18.7 Å². The molecule has 0 N–H and O–H groups in total. The Kier molecular flexibility index (Phi) is 3.16. The van der Waals surface area contributed by atoms with Crippen molar-refractivity contribution in [1.82, 2.24) is 9.63 Å². The molecule has 0 bridgehead atoms. The van der Waals surface area contributed by atoms with Crippen LogP contribution >= 0.6 is 0 Å². The van der Waals surface area contributed by atoms with Crippen molar-refractivity contribution in [3.05, 3.63) is 71.9 Å². The second-order valence-electron chi connectivity index (χ2n) is 5.47. The Morgan fingerprint density at radius 3 is 2.68 bits per heavy atom. The Morgan fingerprint density at radius 1 is 0.955 bits per heavy atom. The fourth-order valence-electron chi connectivity index (χ4n) is 2.97. The van der Waals surface area contributed by atoms with E-state index in [2.05, 4.69) is 29.0 Å². The summed E-state index contributed by atoms with van der Waals surface area (Å²) in [6.07, 6.45) is 2.09. The number of carbonyl (C=O) groups excluding carboxylic acids is 1. The maximum absolute atomic E-state index is 12.2. The van der Waals surface area contributed by atoms with Crippen LogP contribution in [0.5, 0.6) is 0 Å². The SMILES string of the molecule is O=C(ON1CCn2ccc3cccc(c32)C1)c1ccccc1. The van der Waals surface area contributed by atoms with Crippen molar-refractivity contribution in [3.63, 3.8) is 0 Å². The second kappa shape index (κ2) is 5.31. The third-order valence-corrected chi connectivity index (χ3v) is 4.03. The van der Waals surface area contributed by atoms with Gasteiger partial charge in [-0.25, -0.2) is 4.79 Å². The number of para-hydroxylation sites is 1. The first-order valence-corrected chi connectivity index (χ1v) is 7.40. The normalized spacial score (nSPS) is 14.7. The molecule has 0 fully saturated rings. The lowest BCUT2D eigenvalue weighted by atomic mass is 10.1. The highest BCUT2D eigenvalue weighted by Crippen LogP contribution is 2.24. The Hall–Kier alpha value is -2.59. The molecule has 4 rings (SSSR count). The van der Waals surface area contributed by atoms with Crippen LogP contribution in [0.25, 0.3) is 10.9 Å². The summed E-state index contributed by atoms with van der Waals surface area (Å²) in [6.45, 7) is 2.10. The van der Waals surface area contributed by atoms with Crippen LogP contribution in [-0.4, -0.2) is 22.1 Å². The number of aromatic nitrogens is 1. The first-order chi connectivity index (χ1) is 10.8. The van der Waals surface area contributed by atoms with Gasteiger partial charge in [-0.1, -0.05) is 36.4 Å². The fraction of sp³-hybridized carbons (Fsp3) is 0.167. The molecule has 2 aromatic carbocycles. The lowest BCUT2D eigenvalue weighted by Crippen LogP contribution is -2.28. The lowest BCUT2D eigenvalue weighted by molar-refractivity contribution is -0.116. The molecule has 3 aromatic rings. The summed E-state index contributed by atoms with van der Waals surface area (Å²) in [5.41, 5.74) is 2.99. The maximum Gasteiger partial charge on any atom is 0.357 e. The van der Waals surface area contributed by atoms with Crippen LogP contribution in [0.15, 0.2) is 60.8 Å². The largest absolute Gasteiger partial charge is 0.363 e. The van der Waals surface area contributed by atoms with Gasteiger partial charge in [0.2, 0.25) is 0 Å². The third-order valence-electron chi connectivity index (χ3n) is 4.03.